The zero-order valence-corrected chi connectivity index (χ0v) is 18.3. The molecule has 1 atom stereocenters. The Morgan fingerprint density at radius 1 is 1.06 bits per heavy atom. The van der Waals surface area contributed by atoms with Crippen LogP contribution in [-0.4, -0.2) is 26.4 Å². The molecule has 11 heteroatoms. The standard InChI is InChI=1S/C21H18F2N2O5S2/c1-13(20(26)25-19-17(22)8-3-9-18(19)23)30-21(27)14-5-2-7-16(11-14)32(28,29)24-12-15-6-4-10-31-15/h2-11,13,24H,12H2,1H3,(H,25,26). The molecule has 1 heterocycles. The van der Waals surface area contributed by atoms with E-state index in [9.17, 15) is 26.8 Å². The molecule has 32 heavy (non-hydrogen) atoms. The van der Waals surface area contributed by atoms with E-state index in [0.717, 1.165) is 29.1 Å². The van der Waals surface area contributed by atoms with Crippen molar-refractivity contribution in [2.45, 2.75) is 24.5 Å². The number of hydrogen-bond acceptors (Lipinski definition) is 6. The van der Waals surface area contributed by atoms with Crippen molar-refractivity contribution >= 4 is 38.9 Å². The third kappa shape index (κ3) is 5.75. The van der Waals surface area contributed by atoms with Crippen LogP contribution in [0.15, 0.2) is 64.9 Å². The number of amides is 1. The van der Waals surface area contributed by atoms with Crippen molar-refractivity contribution in [2.24, 2.45) is 0 Å². The van der Waals surface area contributed by atoms with Crippen molar-refractivity contribution in [2.75, 3.05) is 5.32 Å². The van der Waals surface area contributed by atoms with E-state index in [0.29, 0.717) is 0 Å². The lowest BCUT2D eigenvalue weighted by Gasteiger charge is -2.14. The first-order chi connectivity index (χ1) is 15.2. The molecule has 3 rings (SSSR count). The summed E-state index contributed by atoms with van der Waals surface area (Å²) in [4.78, 5) is 25.2. The van der Waals surface area contributed by atoms with Crippen LogP contribution in [0.5, 0.6) is 0 Å². The molecule has 0 bridgehead atoms. The molecule has 1 unspecified atom stereocenters. The number of esters is 1. The largest absolute Gasteiger partial charge is 0.449 e. The van der Waals surface area contributed by atoms with Gasteiger partial charge in [-0.25, -0.2) is 26.7 Å². The highest BCUT2D eigenvalue weighted by molar-refractivity contribution is 7.89. The Kier molecular flexibility index (Phi) is 7.33. The van der Waals surface area contributed by atoms with E-state index < -0.39 is 45.3 Å². The van der Waals surface area contributed by atoms with Crippen LogP contribution in [0.4, 0.5) is 14.5 Å². The van der Waals surface area contributed by atoms with E-state index in [1.54, 1.807) is 12.1 Å². The summed E-state index contributed by atoms with van der Waals surface area (Å²) in [5.41, 5.74) is -0.772. The van der Waals surface area contributed by atoms with Crippen LogP contribution >= 0.6 is 11.3 Å². The van der Waals surface area contributed by atoms with Crippen LogP contribution < -0.4 is 10.0 Å². The number of nitrogens with one attached hydrogen (secondary N) is 2. The summed E-state index contributed by atoms with van der Waals surface area (Å²) in [5, 5.41) is 3.85. The Morgan fingerprint density at radius 3 is 2.41 bits per heavy atom. The van der Waals surface area contributed by atoms with Crippen LogP contribution in [0.25, 0.3) is 0 Å². The Hall–Kier alpha value is -3.15. The van der Waals surface area contributed by atoms with E-state index in [1.165, 1.54) is 36.5 Å². The van der Waals surface area contributed by atoms with Gasteiger partial charge in [0.15, 0.2) is 6.10 Å². The number of sulfonamides is 1. The molecule has 3 aromatic rings. The molecule has 1 amide bonds. The normalized spacial score (nSPS) is 12.2. The summed E-state index contributed by atoms with van der Waals surface area (Å²) < 4.78 is 59.8. The lowest BCUT2D eigenvalue weighted by Crippen LogP contribution is -2.30. The molecule has 0 aliphatic rings. The smallest absolute Gasteiger partial charge is 0.338 e. The van der Waals surface area contributed by atoms with Crippen LogP contribution in [0, 0.1) is 11.6 Å². The van der Waals surface area contributed by atoms with Crippen LogP contribution in [0.2, 0.25) is 0 Å². The fourth-order valence-electron chi connectivity index (χ4n) is 2.58. The highest BCUT2D eigenvalue weighted by atomic mass is 32.2. The average molecular weight is 481 g/mol. The van der Waals surface area contributed by atoms with Crippen molar-refractivity contribution in [1.29, 1.82) is 0 Å². The molecule has 0 saturated heterocycles. The first-order valence-electron chi connectivity index (χ1n) is 9.25. The summed E-state index contributed by atoms with van der Waals surface area (Å²) in [6.45, 7) is 1.31. The first kappa shape index (κ1) is 23.5. The third-order valence-corrected chi connectivity index (χ3v) is 6.54. The van der Waals surface area contributed by atoms with Crippen molar-refractivity contribution in [3.63, 3.8) is 0 Å². The number of thiophene rings is 1. The Bertz CT molecular complexity index is 1210. The second kappa shape index (κ2) is 9.98. The van der Waals surface area contributed by atoms with Gasteiger partial charge in [-0.3, -0.25) is 4.79 Å². The maximum absolute atomic E-state index is 13.7. The zero-order valence-electron chi connectivity index (χ0n) is 16.7. The molecule has 7 nitrogen and oxygen atoms in total. The van der Waals surface area contributed by atoms with Gasteiger partial charge in [0.25, 0.3) is 5.91 Å². The molecule has 0 saturated carbocycles. The lowest BCUT2D eigenvalue weighted by atomic mass is 10.2. The molecule has 1 aromatic heterocycles. The van der Waals surface area contributed by atoms with E-state index in [2.05, 4.69) is 4.72 Å². The number of carbonyl (C=O) groups excluding carboxylic acids is 2. The van der Waals surface area contributed by atoms with Gasteiger partial charge in [0.1, 0.15) is 17.3 Å². The van der Waals surface area contributed by atoms with Crippen molar-refractivity contribution in [3.05, 3.63) is 82.1 Å². The number of hydrogen-bond donors (Lipinski definition) is 2. The van der Waals surface area contributed by atoms with Crippen LogP contribution in [-0.2, 0) is 26.1 Å². The Balaban J connectivity index is 1.66. The predicted molar refractivity (Wildman–Crippen MR) is 115 cm³/mol. The fourth-order valence-corrected chi connectivity index (χ4v) is 4.37. The zero-order chi connectivity index (χ0) is 23.3. The molecule has 2 N–H and O–H groups in total. The van der Waals surface area contributed by atoms with E-state index >= 15 is 0 Å². The number of ether oxygens (including phenoxy) is 1. The van der Waals surface area contributed by atoms with Gasteiger partial charge in [-0.15, -0.1) is 11.3 Å². The summed E-state index contributed by atoms with van der Waals surface area (Å²) in [6, 6.07) is 11.7. The van der Waals surface area contributed by atoms with Crippen molar-refractivity contribution < 1.29 is 31.5 Å². The Labute approximate surface area is 187 Å². The number of carbonyl (C=O) groups is 2. The van der Waals surface area contributed by atoms with Gasteiger partial charge in [0.2, 0.25) is 10.0 Å². The Morgan fingerprint density at radius 2 is 1.75 bits per heavy atom. The van der Waals surface area contributed by atoms with Crippen LogP contribution in [0.1, 0.15) is 22.2 Å². The minimum atomic E-state index is -3.90. The van der Waals surface area contributed by atoms with Gasteiger partial charge in [0, 0.05) is 11.4 Å². The quantitative estimate of drug-likeness (QED) is 0.479. The molecule has 0 spiro atoms. The van der Waals surface area contributed by atoms with Gasteiger partial charge in [0.05, 0.1) is 10.5 Å². The van der Waals surface area contributed by atoms with Gasteiger partial charge in [-0.1, -0.05) is 18.2 Å². The second-order valence-corrected chi connectivity index (χ2v) is 9.36. The molecular formula is C21H18F2N2O5S2. The molecule has 0 aliphatic heterocycles. The monoisotopic (exact) mass is 480 g/mol. The lowest BCUT2D eigenvalue weighted by molar-refractivity contribution is -0.123. The molecule has 0 aliphatic carbocycles. The minimum absolute atomic E-state index is 0.0957. The van der Waals surface area contributed by atoms with E-state index in [1.807, 2.05) is 10.7 Å². The summed E-state index contributed by atoms with van der Waals surface area (Å²) in [6.07, 6.45) is -1.40. The molecule has 0 radical (unpaired) electrons. The van der Waals surface area contributed by atoms with Gasteiger partial charge in [-0.05, 0) is 48.7 Å². The minimum Gasteiger partial charge on any atom is -0.449 e. The van der Waals surface area contributed by atoms with Gasteiger partial charge < -0.3 is 10.1 Å². The van der Waals surface area contributed by atoms with E-state index in [-0.39, 0.29) is 17.0 Å². The number of rotatable bonds is 8. The third-order valence-electron chi connectivity index (χ3n) is 4.26. The number of halogens is 2. The van der Waals surface area contributed by atoms with E-state index in [4.69, 9.17) is 4.74 Å². The maximum atomic E-state index is 13.7. The SMILES string of the molecule is CC(OC(=O)c1cccc(S(=O)(=O)NCc2cccs2)c1)C(=O)Nc1c(F)cccc1F. The first-order valence-corrected chi connectivity index (χ1v) is 11.6. The highest BCUT2D eigenvalue weighted by Gasteiger charge is 2.23. The maximum Gasteiger partial charge on any atom is 0.338 e. The fraction of sp³-hybridized carbons (Fsp3) is 0.143. The topological polar surface area (TPSA) is 102 Å². The van der Waals surface area contributed by atoms with Gasteiger partial charge in [-0.2, -0.15) is 0 Å². The number of benzene rings is 2. The molecule has 168 valence electrons. The van der Waals surface area contributed by atoms with Crippen LogP contribution in [0.3, 0.4) is 0 Å². The molecule has 2 aromatic carbocycles. The average Bonchev–Trinajstić information content (AvgIpc) is 3.29. The number of anilines is 1. The number of para-hydroxylation sites is 1. The van der Waals surface area contributed by atoms with Crippen molar-refractivity contribution in [1.82, 2.24) is 4.72 Å². The predicted octanol–water partition coefficient (Wildman–Crippen LogP) is 3.69. The summed E-state index contributed by atoms with van der Waals surface area (Å²) >= 11 is 1.39. The van der Waals surface area contributed by atoms with Gasteiger partial charge >= 0.3 is 5.97 Å². The molecule has 0 fully saturated rings. The summed E-state index contributed by atoms with van der Waals surface area (Å²) in [7, 11) is -3.90. The van der Waals surface area contributed by atoms with Crippen molar-refractivity contribution in [3.8, 4) is 0 Å². The second-order valence-electron chi connectivity index (χ2n) is 6.57. The summed E-state index contributed by atoms with van der Waals surface area (Å²) in [5.74, 6) is -3.89. The highest BCUT2D eigenvalue weighted by Crippen LogP contribution is 2.19. The molecular weight excluding hydrogens is 462 g/mol.